The van der Waals surface area contributed by atoms with Crippen LogP contribution in [0.15, 0.2) is 78.9 Å². The smallest absolute Gasteiger partial charge is 0.408 e. The highest BCUT2D eigenvalue weighted by atomic mass is 32.2. The van der Waals surface area contributed by atoms with Crippen LogP contribution in [-0.2, 0) is 30.4 Å². The third-order valence-corrected chi connectivity index (χ3v) is 7.84. The second-order valence-corrected chi connectivity index (χ2v) is 12.3. The molecule has 0 spiro atoms. The molecule has 44 heavy (non-hydrogen) atoms. The number of nitrogens with one attached hydrogen (secondary N) is 2. The van der Waals surface area contributed by atoms with Crippen molar-refractivity contribution in [1.29, 1.82) is 0 Å². The maximum absolute atomic E-state index is 12.9. The van der Waals surface area contributed by atoms with E-state index in [1.165, 1.54) is 0 Å². The molecule has 0 bridgehead atoms. The largest absolute Gasteiger partial charge is 0.480 e. The second kappa shape index (κ2) is 14.8. The number of fused-ring (bicyclic) bond motifs is 3. The van der Waals surface area contributed by atoms with E-state index in [2.05, 4.69) is 10.6 Å². The van der Waals surface area contributed by atoms with Crippen LogP contribution >= 0.6 is 11.8 Å². The van der Waals surface area contributed by atoms with Crippen molar-refractivity contribution >= 4 is 35.9 Å². The number of hydrogen-bond donors (Lipinski definition) is 3. The fourth-order valence-corrected chi connectivity index (χ4v) is 5.76. The number of aliphatic carboxylic acids is 1. The first-order chi connectivity index (χ1) is 21.0. The molecule has 0 aliphatic heterocycles. The quantitative estimate of drug-likeness (QED) is 0.181. The Morgan fingerprint density at radius 2 is 1.32 bits per heavy atom. The van der Waals surface area contributed by atoms with E-state index < -0.39 is 41.8 Å². The number of carbonyl (C=O) groups excluding carboxylic acids is 3. The van der Waals surface area contributed by atoms with E-state index in [0.717, 1.165) is 39.6 Å². The van der Waals surface area contributed by atoms with Gasteiger partial charge in [-0.25, -0.2) is 19.2 Å². The summed E-state index contributed by atoms with van der Waals surface area (Å²) in [7, 11) is 0. The molecule has 0 heterocycles. The summed E-state index contributed by atoms with van der Waals surface area (Å²) < 4.78 is 16.2. The summed E-state index contributed by atoms with van der Waals surface area (Å²) in [5.74, 6) is -2.27. The van der Waals surface area contributed by atoms with E-state index in [1.807, 2.05) is 66.7 Å². The highest BCUT2D eigenvalue weighted by molar-refractivity contribution is 7.99. The van der Waals surface area contributed by atoms with Crippen molar-refractivity contribution in [1.82, 2.24) is 10.6 Å². The third kappa shape index (κ3) is 9.00. The topological polar surface area (TPSA) is 140 Å². The zero-order valence-electron chi connectivity index (χ0n) is 24.8. The SMILES string of the molecule is CC(C)(C)OC(=O)N[C@H](CSC[C@H](NC(=O)OCC1c2ccccc2-c2ccccc21)C(=O)O)C(=O)OCc1ccccc1. The molecular weight excluding hydrogens is 584 g/mol. The fraction of sp³-hybridized carbons (Fsp3) is 0.333. The van der Waals surface area contributed by atoms with E-state index in [4.69, 9.17) is 14.2 Å². The van der Waals surface area contributed by atoms with Gasteiger partial charge in [-0.3, -0.25) is 0 Å². The molecule has 3 aromatic rings. The summed E-state index contributed by atoms with van der Waals surface area (Å²) >= 11 is 1.05. The number of carboxylic acids is 1. The molecule has 1 aliphatic carbocycles. The van der Waals surface area contributed by atoms with Crippen LogP contribution in [0.2, 0.25) is 0 Å². The van der Waals surface area contributed by atoms with Gasteiger partial charge in [0.15, 0.2) is 0 Å². The van der Waals surface area contributed by atoms with E-state index in [9.17, 15) is 24.3 Å². The molecule has 11 heteroatoms. The highest BCUT2D eigenvalue weighted by Crippen LogP contribution is 2.44. The van der Waals surface area contributed by atoms with Crippen LogP contribution in [-0.4, -0.2) is 65.0 Å². The highest BCUT2D eigenvalue weighted by Gasteiger charge is 2.31. The molecule has 2 atom stereocenters. The first kappa shape index (κ1) is 32.4. The van der Waals surface area contributed by atoms with Gasteiger partial charge in [-0.1, -0.05) is 78.9 Å². The lowest BCUT2D eigenvalue weighted by atomic mass is 9.98. The summed E-state index contributed by atoms with van der Waals surface area (Å²) in [6.45, 7) is 5.11. The Labute approximate surface area is 260 Å². The zero-order valence-corrected chi connectivity index (χ0v) is 25.6. The minimum atomic E-state index is -1.31. The molecule has 10 nitrogen and oxygen atoms in total. The minimum Gasteiger partial charge on any atom is -0.480 e. The molecule has 0 saturated heterocycles. The van der Waals surface area contributed by atoms with E-state index >= 15 is 0 Å². The Hall–Kier alpha value is -4.51. The molecule has 1 aliphatic rings. The molecule has 3 aromatic carbocycles. The van der Waals surface area contributed by atoms with Gasteiger partial charge in [-0.15, -0.1) is 0 Å². The number of benzene rings is 3. The van der Waals surface area contributed by atoms with Crippen LogP contribution in [0.5, 0.6) is 0 Å². The van der Waals surface area contributed by atoms with Crippen LogP contribution in [0, 0.1) is 0 Å². The number of alkyl carbamates (subject to hydrolysis) is 2. The van der Waals surface area contributed by atoms with Gasteiger partial charge in [-0.05, 0) is 48.6 Å². The lowest BCUT2D eigenvalue weighted by Gasteiger charge is -2.23. The number of carbonyl (C=O) groups is 4. The average molecular weight is 621 g/mol. The monoisotopic (exact) mass is 620 g/mol. The van der Waals surface area contributed by atoms with Gasteiger partial charge in [0, 0.05) is 17.4 Å². The minimum absolute atomic E-state index is 0.00205. The summed E-state index contributed by atoms with van der Waals surface area (Å²) in [6, 6.07) is 22.4. The molecule has 0 aromatic heterocycles. The average Bonchev–Trinajstić information content (AvgIpc) is 3.31. The number of hydrogen-bond acceptors (Lipinski definition) is 8. The van der Waals surface area contributed by atoms with Crippen molar-refractivity contribution in [2.45, 2.75) is 51.0 Å². The first-order valence-electron chi connectivity index (χ1n) is 14.1. The molecule has 0 radical (unpaired) electrons. The van der Waals surface area contributed by atoms with Crippen molar-refractivity contribution in [3.05, 3.63) is 95.6 Å². The predicted molar refractivity (Wildman–Crippen MR) is 166 cm³/mol. The van der Waals surface area contributed by atoms with Crippen LogP contribution in [0.4, 0.5) is 9.59 Å². The Bertz CT molecular complexity index is 1430. The molecule has 0 fully saturated rings. The predicted octanol–water partition coefficient (Wildman–Crippen LogP) is 5.35. The Balaban J connectivity index is 1.32. The van der Waals surface area contributed by atoms with Gasteiger partial charge >= 0.3 is 24.1 Å². The first-order valence-corrected chi connectivity index (χ1v) is 15.3. The number of ether oxygens (including phenoxy) is 3. The Morgan fingerprint density at radius 1 is 0.773 bits per heavy atom. The Kier molecular flexibility index (Phi) is 10.9. The van der Waals surface area contributed by atoms with Gasteiger partial charge in [0.1, 0.15) is 30.9 Å². The van der Waals surface area contributed by atoms with Crippen molar-refractivity contribution in [3.8, 4) is 11.1 Å². The van der Waals surface area contributed by atoms with E-state index in [1.54, 1.807) is 32.9 Å². The molecule has 4 rings (SSSR count). The molecular formula is C33H36N2O8S. The summed E-state index contributed by atoms with van der Waals surface area (Å²) in [5.41, 5.74) is 4.20. The summed E-state index contributed by atoms with van der Waals surface area (Å²) in [4.78, 5) is 49.9. The van der Waals surface area contributed by atoms with Crippen LogP contribution in [0.25, 0.3) is 11.1 Å². The van der Waals surface area contributed by atoms with Gasteiger partial charge in [0.2, 0.25) is 0 Å². The van der Waals surface area contributed by atoms with Crippen molar-refractivity contribution < 1.29 is 38.5 Å². The number of thioether (sulfide) groups is 1. The molecule has 0 saturated carbocycles. The molecule has 232 valence electrons. The van der Waals surface area contributed by atoms with Crippen molar-refractivity contribution in [2.75, 3.05) is 18.1 Å². The van der Waals surface area contributed by atoms with Crippen LogP contribution in [0.3, 0.4) is 0 Å². The number of amides is 2. The Morgan fingerprint density at radius 3 is 1.91 bits per heavy atom. The maximum Gasteiger partial charge on any atom is 0.408 e. The lowest BCUT2D eigenvalue weighted by molar-refractivity contribution is -0.146. The number of carboxylic acid groups (broad SMARTS) is 1. The second-order valence-electron chi connectivity index (χ2n) is 11.2. The van der Waals surface area contributed by atoms with E-state index in [-0.39, 0.29) is 30.6 Å². The third-order valence-electron chi connectivity index (χ3n) is 6.70. The zero-order chi connectivity index (χ0) is 31.7. The molecule has 3 N–H and O–H groups in total. The van der Waals surface area contributed by atoms with Crippen molar-refractivity contribution in [2.24, 2.45) is 0 Å². The molecule has 2 amide bonds. The van der Waals surface area contributed by atoms with Gasteiger partial charge in [-0.2, -0.15) is 11.8 Å². The number of esters is 1. The van der Waals surface area contributed by atoms with Gasteiger partial charge in [0.25, 0.3) is 0 Å². The van der Waals surface area contributed by atoms with Gasteiger partial charge < -0.3 is 30.0 Å². The van der Waals surface area contributed by atoms with Crippen LogP contribution in [0.1, 0.15) is 43.4 Å². The van der Waals surface area contributed by atoms with Gasteiger partial charge in [0.05, 0.1) is 0 Å². The van der Waals surface area contributed by atoms with Crippen molar-refractivity contribution in [3.63, 3.8) is 0 Å². The number of rotatable bonds is 12. The standard InChI is InChI=1S/C33H36N2O8S/c1-33(2,3)43-32(40)35-28(30(38)41-17-21-11-5-4-6-12-21)20-44-19-27(29(36)37)34-31(39)42-18-26-24-15-9-7-13-22(24)23-14-8-10-16-25(23)26/h4-16,26-28H,17-20H2,1-3H3,(H,34,39)(H,35,40)(H,36,37)/t27-,28+/m0/s1. The fourth-order valence-electron chi connectivity index (χ4n) is 4.71. The van der Waals surface area contributed by atoms with Crippen LogP contribution < -0.4 is 10.6 Å². The molecule has 0 unspecified atom stereocenters. The lowest BCUT2D eigenvalue weighted by Crippen LogP contribution is -2.47. The normalized spacial score (nSPS) is 13.5. The summed E-state index contributed by atoms with van der Waals surface area (Å²) in [6.07, 6.45) is -1.68. The summed E-state index contributed by atoms with van der Waals surface area (Å²) in [5, 5.41) is 14.7. The maximum atomic E-state index is 12.9. The van der Waals surface area contributed by atoms with E-state index in [0.29, 0.717) is 0 Å².